The number of carbonyl (C=O) groups excluding carboxylic acids is 2. The molecule has 1 aromatic heterocycles. The highest BCUT2D eigenvalue weighted by Gasteiger charge is 2.34. The molecule has 31 heavy (non-hydrogen) atoms. The van der Waals surface area contributed by atoms with Crippen molar-refractivity contribution in [3.8, 4) is 0 Å². The van der Waals surface area contributed by atoms with Crippen molar-refractivity contribution in [1.82, 2.24) is 25.6 Å². The summed E-state index contributed by atoms with van der Waals surface area (Å²) in [5, 5.41) is 14.2. The number of esters is 1. The molecule has 10 heteroatoms. The van der Waals surface area contributed by atoms with E-state index in [1.807, 2.05) is 0 Å². The van der Waals surface area contributed by atoms with Crippen LogP contribution >= 0.6 is 11.6 Å². The molecule has 1 unspecified atom stereocenters. The Morgan fingerprint density at radius 3 is 2.65 bits per heavy atom. The largest absolute Gasteiger partial charge is 0.463 e. The topological polar surface area (TPSA) is 115 Å². The minimum atomic E-state index is -0.788. The van der Waals surface area contributed by atoms with Crippen molar-refractivity contribution in [2.45, 2.75) is 19.5 Å². The lowest BCUT2D eigenvalue weighted by Crippen LogP contribution is -2.47. The van der Waals surface area contributed by atoms with Crippen molar-refractivity contribution in [2.24, 2.45) is 0 Å². The Bertz CT molecular complexity index is 1250. The summed E-state index contributed by atoms with van der Waals surface area (Å²) in [6.07, 6.45) is 0. The molecule has 3 aromatic rings. The quantitative estimate of drug-likeness (QED) is 0.589. The van der Waals surface area contributed by atoms with Gasteiger partial charge in [0.25, 0.3) is 5.56 Å². The van der Waals surface area contributed by atoms with Crippen LogP contribution in [0.25, 0.3) is 10.9 Å². The molecular weight excluding hydrogens is 422 g/mol. The number of urea groups is 1. The first kappa shape index (κ1) is 20.5. The van der Waals surface area contributed by atoms with Crippen LogP contribution in [0.15, 0.2) is 64.6 Å². The van der Waals surface area contributed by atoms with Gasteiger partial charge in [0.2, 0.25) is 0 Å². The highest BCUT2D eigenvalue weighted by atomic mass is 35.5. The third kappa shape index (κ3) is 4.13. The summed E-state index contributed by atoms with van der Waals surface area (Å²) >= 11 is 5.97. The van der Waals surface area contributed by atoms with Crippen molar-refractivity contribution in [1.29, 1.82) is 0 Å². The smallest absolute Gasteiger partial charge is 0.338 e. The first-order chi connectivity index (χ1) is 15.0. The average molecular weight is 440 g/mol. The second-order valence-corrected chi connectivity index (χ2v) is 7.20. The van der Waals surface area contributed by atoms with E-state index in [1.165, 1.54) is 0 Å². The lowest BCUT2D eigenvalue weighted by atomic mass is 9.95. The third-order valence-corrected chi connectivity index (χ3v) is 5.04. The maximum Gasteiger partial charge on any atom is 0.338 e. The summed E-state index contributed by atoms with van der Waals surface area (Å²) in [5.74, 6) is -0.619. The molecule has 9 nitrogen and oxygen atoms in total. The Morgan fingerprint density at radius 2 is 1.90 bits per heavy atom. The molecule has 0 fully saturated rings. The molecule has 0 radical (unpaired) electrons. The summed E-state index contributed by atoms with van der Waals surface area (Å²) in [5.41, 5.74) is 1.07. The van der Waals surface area contributed by atoms with Gasteiger partial charge in [-0.05, 0) is 36.8 Å². The van der Waals surface area contributed by atoms with Crippen LogP contribution in [0.3, 0.4) is 0 Å². The Kier molecular flexibility index (Phi) is 5.68. The van der Waals surface area contributed by atoms with E-state index in [0.29, 0.717) is 21.5 Å². The predicted molar refractivity (Wildman–Crippen MR) is 113 cm³/mol. The maximum atomic E-state index is 12.9. The molecule has 1 aliphatic heterocycles. The Balaban J connectivity index is 1.82. The van der Waals surface area contributed by atoms with E-state index in [9.17, 15) is 14.4 Å². The van der Waals surface area contributed by atoms with Crippen LogP contribution in [0, 0.1) is 0 Å². The number of benzene rings is 2. The number of hydrogen-bond donors (Lipinski definition) is 2. The van der Waals surface area contributed by atoms with E-state index in [4.69, 9.17) is 16.3 Å². The first-order valence-corrected chi connectivity index (χ1v) is 9.91. The van der Waals surface area contributed by atoms with Crippen LogP contribution in [0.2, 0.25) is 5.02 Å². The summed E-state index contributed by atoms with van der Waals surface area (Å²) in [6, 6.07) is 12.2. The van der Waals surface area contributed by atoms with Crippen molar-refractivity contribution < 1.29 is 14.3 Å². The standard InChI is InChI=1S/C21H18ClN5O4/c1-2-31-20(29)17-16(11-27-19(28)14-5-3-4-6-15(14)25-26-27)23-21(30)24-18(17)12-7-9-13(22)10-8-12/h3-10,18H,2,11H2,1H3,(H2,23,24,30). The van der Waals surface area contributed by atoms with Gasteiger partial charge in [-0.25, -0.2) is 14.3 Å². The number of rotatable bonds is 5. The van der Waals surface area contributed by atoms with Crippen LogP contribution in [0.5, 0.6) is 0 Å². The molecule has 0 bridgehead atoms. The number of halogens is 1. The van der Waals surface area contributed by atoms with E-state index in [-0.39, 0.29) is 24.4 Å². The fourth-order valence-electron chi connectivity index (χ4n) is 3.37. The summed E-state index contributed by atoms with van der Waals surface area (Å²) in [7, 11) is 0. The molecule has 0 saturated carbocycles. The van der Waals surface area contributed by atoms with Gasteiger partial charge < -0.3 is 15.4 Å². The van der Waals surface area contributed by atoms with E-state index in [2.05, 4.69) is 20.9 Å². The average Bonchev–Trinajstić information content (AvgIpc) is 2.76. The van der Waals surface area contributed by atoms with Gasteiger partial charge in [-0.2, -0.15) is 0 Å². The van der Waals surface area contributed by atoms with Crippen LogP contribution in [-0.2, 0) is 16.1 Å². The van der Waals surface area contributed by atoms with Crippen molar-refractivity contribution >= 4 is 34.5 Å². The fourth-order valence-corrected chi connectivity index (χ4v) is 3.50. The molecule has 0 spiro atoms. The van der Waals surface area contributed by atoms with Crippen molar-refractivity contribution in [3.05, 3.63) is 80.7 Å². The number of allylic oxidation sites excluding steroid dienone is 1. The van der Waals surface area contributed by atoms with Gasteiger partial charge in [0.05, 0.1) is 35.8 Å². The number of ether oxygens (including phenoxy) is 1. The highest BCUT2D eigenvalue weighted by Crippen LogP contribution is 2.29. The Hall–Kier alpha value is -3.72. The number of nitrogens with one attached hydrogen (secondary N) is 2. The fraction of sp³-hybridized carbons (Fsp3) is 0.190. The maximum absolute atomic E-state index is 12.9. The molecule has 2 heterocycles. The number of hydrogen-bond acceptors (Lipinski definition) is 6. The van der Waals surface area contributed by atoms with Gasteiger partial charge in [-0.3, -0.25) is 4.79 Å². The molecule has 1 atom stereocenters. The van der Waals surface area contributed by atoms with Gasteiger partial charge in [0.1, 0.15) is 5.52 Å². The van der Waals surface area contributed by atoms with Gasteiger partial charge >= 0.3 is 12.0 Å². The highest BCUT2D eigenvalue weighted by molar-refractivity contribution is 6.30. The lowest BCUT2D eigenvalue weighted by molar-refractivity contribution is -0.139. The van der Waals surface area contributed by atoms with E-state index >= 15 is 0 Å². The number of amides is 2. The van der Waals surface area contributed by atoms with Crippen LogP contribution in [0.4, 0.5) is 4.79 Å². The summed E-state index contributed by atoms with van der Waals surface area (Å²) < 4.78 is 6.32. The number of aromatic nitrogens is 3. The zero-order chi connectivity index (χ0) is 22.0. The monoisotopic (exact) mass is 439 g/mol. The second-order valence-electron chi connectivity index (χ2n) is 6.77. The summed E-state index contributed by atoms with van der Waals surface area (Å²) in [4.78, 5) is 38.1. The van der Waals surface area contributed by atoms with Crippen LogP contribution < -0.4 is 16.2 Å². The normalized spacial score (nSPS) is 16.1. The minimum absolute atomic E-state index is 0.145. The van der Waals surface area contributed by atoms with E-state index < -0.39 is 23.6 Å². The second kappa shape index (κ2) is 8.57. The number of carbonyl (C=O) groups is 2. The molecule has 2 aromatic carbocycles. The van der Waals surface area contributed by atoms with E-state index in [1.54, 1.807) is 55.5 Å². The molecule has 4 rings (SSSR count). The molecule has 1 aliphatic rings. The molecule has 0 aliphatic carbocycles. The minimum Gasteiger partial charge on any atom is -0.463 e. The van der Waals surface area contributed by atoms with Crippen LogP contribution in [-0.4, -0.2) is 33.6 Å². The Morgan fingerprint density at radius 1 is 1.16 bits per heavy atom. The Labute approximate surface area is 181 Å². The first-order valence-electron chi connectivity index (χ1n) is 9.53. The van der Waals surface area contributed by atoms with Gasteiger partial charge in [0, 0.05) is 5.02 Å². The van der Waals surface area contributed by atoms with E-state index in [0.717, 1.165) is 4.68 Å². The number of fused-ring (bicyclic) bond motifs is 1. The molecular formula is C21H18ClN5O4. The van der Waals surface area contributed by atoms with Crippen molar-refractivity contribution in [2.75, 3.05) is 6.61 Å². The van der Waals surface area contributed by atoms with Gasteiger partial charge in [-0.1, -0.05) is 41.1 Å². The zero-order valence-electron chi connectivity index (χ0n) is 16.5. The zero-order valence-corrected chi connectivity index (χ0v) is 17.2. The van der Waals surface area contributed by atoms with Crippen molar-refractivity contribution in [3.63, 3.8) is 0 Å². The number of nitrogens with zero attached hydrogens (tertiary/aromatic N) is 3. The third-order valence-electron chi connectivity index (χ3n) is 4.79. The van der Waals surface area contributed by atoms with Gasteiger partial charge in [-0.15, -0.1) is 5.10 Å². The SMILES string of the molecule is CCOC(=O)C1=C(Cn2nnc3ccccc3c2=O)NC(=O)NC1c1ccc(Cl)cc1. The molecule has 0 saturated heterocycles. The molecule has 2 N–H and O–H groups in total. The van der Waals surface area contributed by atoms with Crippen LogP contribution in [0.1, 0.15) is 18.5 Å². The van der Waals surface area contributed by atoms with Gasteiger partial charge in [0.15, 0.2) is 0 Å². The molecule has 158 valence electrons. The molecule has 2 amide bonds. The predicted octanol–water partition coefficient (Wildman–Crippen LogP) is 2.32. The lowest BCUT2D eigenvalue weighted by Gasteiger charge is -2.29. The summed E-state index contributed by atoms with van der Waals surface area (Å²) in [6.45, 7) is 1.67.